The summed E-state index contributed by atoms with van der Waals surface area (Å²) in [6.07, 6.45) is 3.12. The first-order valence-corrected chi connectivity index (χ1v) is 8.82. The van der Waals surface area contributed by atoms with Gasteiger partial charge in [-0.15, -0.1) is 0 Å². The molecule has 2 aromatic rings. The first-order chi connectivity index (χ1) is 12.9. The predicted molar refractivity (Wildman–Crippen MR) is 108 cm³/mol. The lowest BCUT2D eigenvalue weighted by Gasteiger charge is -2.17. The van der Waals surface area contributed by atoms with Gasteiger partial charge in [0.05, 0.1) is 32.4 Å². The molecular weight excluding hydrogens is 366 g/mol. The highest BCUT2D eigenvalue weighted by atomic mass is 35.5. The van der Waals surface area contributed by atoms with E-state index in [2.05, 4.69) is 5.32 Å². The van der Waals surface area contributed by atoms with Crippen molar-refractivity contribution in [1.29, 1.82) is 0 Å². The maximum atomic E-state index is 12.3. The molecule has 0 aliphatic rings. The summed E-state index contributed by atoms with van der Waals surface area (Å²) < 4.78 is 15.9. The van der Waals surface area contributed by atoms with E-state index in [1.54, 1.807) is 25.3 Å². The van der Waals surface area contributed by atoms with Crippen LogP contribution in [0.3, 0.4) is 0 Å². The smallest absolute Gasteiger partial charge is 0.244 e. The van der Waals surface area contributed by atoms with Gasteiger partial charge in [-0.3, -0.25) is 4.79 Å². The van der Waals surface area contributed by atoms with Crippen LogP contribution in [-0.4, -0.2) is 27.2 Å². The number of amides is 1. The Hall–Kier alpha value is -2.66. The molecule has 0 saturated heterocycles. The molecule has 0 aliphatic heterocycles. The van der Waals surface area contributed by atoms with E-state index in [-0.39, 0.29) is 11.9 Å². The van der Waals surface area contributed by atoms with Gasteiger partial charge in [0, 0.05) is 11.6 Å². The molecule has 0 radical (unpaired) electrons. The highest BCUT2D eigenvalue weighted by Crippen LogP contribution is 2.36. The van der Waals surface area contributed by atoms with Crippen molar-refractivity contribution in [3.05, 3.63) is 58.1 Å². The first-order valence-electron chi connectivity index (χ1n) is 8.44. The summed E-state index contributed by atoms with van der Waals surface area (Å²) in [5.41, 5.74) is 2.75. The number of benzene rings is 2. The number of aryl methyl sites for hydroxylation is 1. The fraction of sp³-hybridized carbons (Fsp3) is 0.286. The van der Waals surface area contributed by atoms with Crippen LogP contribution < -0.4 is 19.5 Å². The SMILES string of the molecule is COc1ccc(C)cc1C(C)NC(=O)/C=C/c1cc(Cl)c(OC)c(OC)c1. The van der Waals surface area contributed by atoms with Crippen LogP contribution in [0.15, 0.2) is 36.4 Å². The van der Waals surface area contributed by atoms with Crippen molar-refractivity contribution in [3.8, 4) is 17.2 Å². The molecule has 1 amide bonds. The lowest BCUT2D eigenvalue weighted by atomic mass is 10.0. The topological polar surface area (TPSA) is 56.8 Å². The summed E-state index contributed by atoms with van der Waals surface area (Å²) in [7, 11) is 4.67. The van der Waals surface area contributed by atoms with Crippen LogP contribution in [0.4, 0.5) is 0 Å². The maximum absolute atomic E-state index is 12.3. The minimum absolute atomic E-state index is 0.203. The molecule has 0 fully saturated rings. The summed E-state index contributed by atoms with van der Waals surface area (Å²) >= 11 is 6.19. The van der Waals surface area contributed by atoms with Gasteiger partial charge >= 0.3 is 0 Å². The zero-order valence-electron chi connectivity index (χ0n) is 16.1. The quantitative estimate of drug-likeness (QED) is 0.705. The van der Waals surface area contributed by atoms with Gasteiger partial charge < -0.3 is 19.5 Å². The number of rotatable bonds is 7. The van der Waals surface area contributed by atoms with Gasteiger partial charge in [0.2, 0.25) is 5.91 Å². The van der Waals surface area contributed by atoms with Crippen LogP contribution in [0.5, 0.6) is 17.2 Å². The van der Waals surface area contributed by atoms with Gasteiger partial charge in [0.1, 0.15) is 5.75 Å². The first kappa shape index (κ1) is 20.6. The van der Waals surface area contributed by atoms with E-state index in [9.17, 15) is 4.79 Å². The molecule has 2 rings (SSSR count). The number of nitrogens with one attached hydrogen (secondary N) is 1. The number of halogens is 1. The van der Waals surface area contributed by atoms with Crippen molar-refractivity contribution in [3.63, 3.8) is 0 Å². The Morgan fingerprint density at radius 3 is 2.41 bits per heavy atom. The minimum Gasteiger partial charge on any atom is -0.496 e. The minimum atomic E-state index is -0.225. The van der Waals surface area contributed by atoms with E-state index < -0.39 is 0 Å². The lowest BCUT2D eigenvalue weighted by Crippen LogP contribution is -2.25. The zero-order valence-corrected chi connectivity index (χ0v) is 16.9. The molecule has 0 spiro atoms. The van der Waals surface area contributed by atoms with E-state index in [0.29, 0.717) is 16.5 Å². The molecule has 144 valence electrons. The molecule has 0 aromatic heterocycles. The van der Waals surface area contributed by atoms with Crippen molar-refractivity contribution in [1.82, 2.24) is 5.32 Å². The third-order valence-corrected chi connectivity index (χ3v) is 4.37. The second-order valence-electron chi connectivity index (χ2n) is 6.05. The van der Waals surface area contributed by atoms with Crippen LogP contribution in [-0.2, 0) is 4.79 Å². The average molecular weight is 390 g/mol. The van der Waals surface area contributed by atoms with Crippen LogP contribution >= 0.6 is 11.6 Å². The van der Waals surface area contributed by atoms with Crippen LogP contribution in [0.25, 0.3) is 6.08 Å². The maximum Gasteiger partial charge on any atom is 0.244 e. The summed E-state index contributed by atoms with van der Waals surface area (Å²) in [6, 6.07) is 9.13. The fourth-order valence-electron chi connectivity index (χ4n) is 2.74. The monoisotopic (exact) mass is 389 g/mol. The van der Waals surface area contributed by atoms with Gasteiger partial charge in [-0.05, 0) is 43.7 Å². The van der Waals surface area contributed by atoms with E-state index in [0.717, 1.165) is 22.4 Å². The van der Waals surface area contributed by atoms with Gasteiger partial charge in [0.25, 0.3) is 0 Å². The number of carbonyl (C=O) groups excluding carboxylic acids is 1. The van der Waals surface area contributed by atoms with Crippen molar-refractivity contribution >= 4 is 23.6 Å². The second kappa shape index (κ2) is 9.33. The summed E-state index contributed by atoms with van der Waals surface area (Å²) in [4.78, 5) is 12.3. The van der Waals surface area contributed by atoms with E-state index in [4.69, 9.17) is 25.8 Å². The molecule has 27 heavy (non-hydrogen) atoms. The average Bonchev–Trinajstić information content (AvgIpc) is 2.65. The molecule has 0 heterocycles. The van der Waals surface area contributed by atoms with Gasteiger partial charge in [-0.1, -0.05) is 29.3 Å². The number of hydrogen-bond acceptors (Lipinski definition) is 4. The molecule has 6 heteroatoms. The number of ether oxygens (including phenoxy) is 3. The molecule has 2 aromatic carbocycles. The van der Waals surface area contributed by atoms with Crippen molar-refractivity contribution in [2.45, 2.75) is 19.9 Å². The van der Waals surface area contributed by atoms with E-state index in [1.807, 2.05) is 32.0 Å². The summed E-state index contributed by atoms with van der Waals surface area (Å²) in [5, 5.41) is 3.35. The highest BCUT2D eigenvalue weighted by molar-refractivity contribution is 6.32. The number of carbonyl (C=O) groups is 1. The van der Waals surface area contributed by atoms with Crippen molar-refractivity contribution < 1.29 is 19.0 Å². The number of methoxy groups -OCH3 is 3. The summed E-state index contributed by atoms with van der Waals surface area (Å²) in [6.45, 7) is 3.91. The molecule has 1 unspecified atom stereocenters. The Bertz CT molecular complexity index is 848. The van der Waals surface area contributed by atoms with Gasteiger partial charge in [-0.25, -0.2) is 0 Å². The lowest BCUT2D eigenvalue weighted by molar-refractivity contribution is -0.117. The normalized spacial score (nSPS) is 11.9. The molecular formula is C21H24ClNO4. The standard InChI is InChI=1S/C21H24ClNO4/c1-13-6-8-18(25-3)16(10-13)14(2)23-20(24)9-7-15-11-17(22)21(27-5)19(12-15)26-4/h6-12,14H,1-5H3,(H,23,24)/b9-7+. The fourth-order valence-corrected chi connectivity index (χ4v) is 3.03. The summed E-state index contributed by atoms with van der Waals surface area (Å²) in [5.74, 6) is 1.48. The Morgan fingerprint density at radius 2 is 1.78 bits per heavy atom. The van der Waals surface area contributed by atoms with Gasteiger partial charge in [-0.2, -0.15) is 0 Å². The Balaban J connectivity index is 2.14. The largest absolute Gasteiger partial charge is 0.496 e. The predicted octanol–water partition coefficient (Wildman–Crippen LogP) is 4.56. The van der Waals surface area contributed by atoms with E-state index in [1.165, 1.54) is 20.3 Å². The van der Waals surface area contributed by atoms with Crippen LogP contribution in [0.2, 0.25) is 5.02 Å². The molecule has 0 saturated carbocycles. The Morgan fingerprint density at radius 1 is 1.07 bits per heavy atom. The molecule has 5 nitrogen and oxygen atoms in total. The van der Waals surface area contributed by atoms with Crippen LogP contribution in [0.1, 0.15) is 29.7 Å². The second-order valence-corrected chi connectivity index (χ2v) is 6.45. The van der Waals surface area contributed by atoms with Crippen LogP contribution in [0, 0.1) is 6.92 Å². The third kappa shape index (κ3) is 5.17. The highest BCUT2D eigenvalue weighted by Gasteiger charge is 2.14. The van der Waals surface area contributed by atoms with Crippen molar-refractivity contribution in [2.24, 2.45) is 0 Å². The van der Waals surface area contributed by atoms with Gasteiger partial charge in [0.15, 0.2) is 11.5 Å². The Labute approximate surface area is 164 Å². The third-order valence-electron chi connectivity index (χ3n) is 4.09. The molecule has 0 bridgehead atoms. The molecule has 1 N–H and O–H groups in total. The zero-order chi connectivity index (χ0) is 20.0. The molecule has 0 aliphatic carbocycles. The van der Waals surface area contributed by atoms with Crippen molar-refractivity contribution in [2.75, 3.05) is 21.3 Å². The van der Waals surface area contributed by atoms with E-state index >= 15 is 0 Å². The number of hydrogen-bond donors (Lipinski definition) is 1. The molecule has 1 atom stereocenters. The Kier molecular flexibility index (Phi) is 7.13.